The van der Waals surface area contributed by atoms with E-state index < -0.39 is 0 Å². The summed E-state index contributed by atoms with van der Waals surface area (Å²) in [5, 5.41) is 11.9. The summed E-state index contributed by atoms with van der Waals surface area (Å²) in [6, 6.07) is 0.997. The molecule has 1 rings (SSSR count). The van der Waals surface area contributed by atoms with Gasteiger partial charge in [-0.1, -0.05) is 0 Å². The molecule has 0 spiro atoms. The van der Waals surface area contributed by atoms with Crippen molar-refractivity contribution in [1.29, 1.82) is 0 Å². The summed E-state index contributed by atoms with van der Waals surface area (Å²) in [4.78, 5) is 0. The lowest BCUT2D eigenvalue weighted by atomic mass is 10.2. The van der Waals surface area contributed by atoms with E-state index in [4.69, 9.17) is 5.11 Å². The molecule has 0 aromatic carbocycles. The highest BCUT2D eigenvalue weighted by molar-refractivity contribution is 4.79. The van der Waals surface area contributed by atoms with Crippen LogP contribution in [0.2, 0.25) is 0 Å². The Hall–Kier alpha value is -0.0800. The number of hydrogen-bond acceptors (Lipinski definition) is 2. The van der Waals surface area contributed by atoms with Gasteiger partial charge in [-0.05, 0) is 19.8 Å². The fourth-order valence-corrected chi connectivity index (χ4v) is 1.16. The minimum absolute atomic E-state index is 0.296. The van der Waals surface area contributed by atoms with Crippen LogP contribution in [0.4, 0.5) is 0 Å². The number of rotatable bonds is 1. The lowest BCUT2D eigenvalue weighted by Gasteiger charge is -2.05. The van der Waals surface area contributed by atoms with Gasteiger partial charge in [-0.25, -0.2) is 0 Å². The molecule has 0 radical (unpaired) electrons. The van der Waals surface area contributed by atoms with Gasteiger partial charge in [-0.15, -0.1) is 0 Å². The Morgan fingerprint density at radius 2 is 2.38 bits per heavy atom. The van der Waals surface area contributed by atoms with Gasteiger partial charge < -0.3 is 10.4 Å². The minimum Gasteiger partial charge on any atom is -0.395 e. The molecule has 2 N–H and O–H groups in total. The van der Waals surface area contributed by atoms with E-state index in [-0.39, 0.29) is 0 Å². The van der Waals surface area contributed by atoms with Crippen molar-refractivity contribution in [1.82, 2.24) is 5.32 Å². The van der Waals surface area contributed by atoms with Crippen LogP contribution < -0.4 is 5.32 Å². The highest BCUT2D eigenvalue weighted by Gasteiger charge is 2.18. The monoisotopic (exact) mass is 115 g/mol. The molecule has 2 nitrogen and oxygen atoms in total. The van der Waals surface area contributed by atoms with Gasteiger partial charge in [0.15, 0.2) is 0 Å². The molecule has 0 saturated carbocycles. The summed E-state index contributed by atoms with van der Waals surface area (Å²) in [5.41, 5.74) is 0. The molecule has 0 aromatic rings. The zero-order valence-electron chi connectivity index (χ0n) is 5.22. The smallest absolute Gasteiger partial charge is 0.0584 e. The Kier molecular flexibility index (Phi) is 1.86. The second-order valence-corrected chi connectivity index (χ2v) is 2.52. The summed E-state index contributed by atoms with van der Waals surface area (Å²) in [6.45, 7) is 2.44. The Morgan fingerprint density at radius 1 is 1.62 bits per heavy atom. The first-order valence-corrected chi connectivity index (χ1v) is 3.20. The maximum absolute atomic E-state index is 8.62. The molecule has 1 fully saturated rings. The average Bonchev–Trinajstić information content (AvgIpc) is 2.14. The third-order valence-electron chi connectivity index (χ3n) is 1.69. The summed E-state index contributed by atoms with van der Waals surface area (Å²) >= 11 is 0. The number of nitrogens with one attached hydrogen (secondary N) is 1. The average molecular weight is 115 g/mol. The topological polar surface area (TPSA) is 32.3 Å². The minimum atomic E-state index is 0.296. The van der Waals surface area contributed by atoms with Crippen LogP contribution in [0, 0.1) is 0 Å². The molecule has 0 amide bonds. The van der Waals surface area contributed by atoms with Gasteiger partial charge in [0.1, 0.15) is 0 Å². The van der Waals surface area contributed by atoms with Crippen molar-refractivity contribution in [3.63, 3.8) is 0 Å². The lowest BCUT2D eigenvalue weighted by Crippen LogP contribution is -2.29. The maximum atomic E-state index is 8.62. The predicted octanol–water partition coefficient (Wildman–Crippen LogP) is 0.119. The molecule has 0 aromatic heterocycles. The maximum Gasteiger partial charge on any atom is 0.0584 e. The molecule has 0 aliphatic carbocycles. The van der Waals surface area contributed by atoms with E-state index >= 15 is 0 Å². The van der Waals surface area contributed by atoms with Gasteiger partial charge in [-0.2, -0.15) is 0 Å². The normalized spacial score (nSPS) is 38.2. The number of aliphatic hydroxyl groups is 1. The molecule has 8 heavy (non-hydrogen) atoms. The van der Waals surface area contributed by atoms with Crippen molar-refractivity contribution in [2.24, 2.45) is 0 Å². The van der Waals surface area contributed by atoms with E-state index in [1.54, 1.807) is 0 Å². The third-order valence-corrected chi connectivity index (χ3v) is 1.69. The van der Waals surface area contributed by atoms with Gasteiger partial charge in [-0.3, -0.25) is 0 Å². The zero-order chi connectivity index (χ0) is 5.98. The number of aliphatic hydroxyl groups excluding tert-OH is 1. The Morgan fingerprint density at radius 3 is 2.62 bits per heavy atom. The second-order valence-electron chi connectivity index (χ2n) is 2.52. The Balaban J connectivity index is 2.22. The first-order chi connectivity index (χ1) is 3.83. The number of hydrogen-bond donors (Lipinski definition) is 2. The molecular weight excluding hydrogens is 102 g/mol. The molecule has 1 aliphatic rings. The fourth-order valence-electron chi connectivity index (χ4n) is 1.16. The van der Waals surface area contributed by atoms with Gasteiger partial charge in [0, 0.05) is 12.1 Å². The van der Waals surface area contributed by atoms with E-state index in [0.717, 1.165) is 6.42 Å². The van der Waals surface area contributed by atoms with Crippen molar-refractivity contribution in [3.05, 3.63) is 0 Å². The largest absolute Gasteiger partial charge is 0.395 e. The summed E-state index contributed by atoms with van der Waals surface area (Å²) in [7, 11) is 0. The van der Waals surface area contributed by atoms with Crippen LogP contribution in [-0.4, -0.2) is 23.8 Å². The van der Waals surface area contributed by atoms with Crippen molar-refractivity contribution in [3.8, 4) is 0 Å². The van der Waals surface area contributed by atoms with Crippen LogP contribution in [-0.2, 0) is 0 Å². The van der Waals surface area contributed by atoms with Crippen LogP contribution in [0.1, 0.15) is 19.8 Å². The van der Waals surface area contributed by atoms with Crippen molar-refractivity contribution in [2.45, 2.75) is 31.8 Å². The highest BCUT2D eigenvalue weighted by Crippen LogP contribution is 2.09. The molecule has 48 valence electrons. The molecule has 2 atom stereocenters. The van der Waals surface area contributed by atoms with E-state index in [1.165, 1.54) is 6.42 Å². The van der Waals surface area contributed by atoms with Crippen LogP contribution in [0.5, 0.6) is 0 Å². The first kappa shape index (κ1) is 6.05. The molecule has 1 heterocycles. The summed E-state index contributed by atoms with van der Waals surface area (Å²) < 4.78 is 0. The van der Waals surface area contributed by atoms with E-state index in [9.17, 15) is 0 Å². The quantitative estimate of drug-likeness (QED) is 0.508. The second kappa shape index (κ2) is 2.46. The lowest BCUT2D eigenvalue weighted by molar-refractivity contribution is 0.252. The SMILES string of the molecule is C[C@H]1CC[C@H](CO)N1. The molecule has 1 aliphatic heterocycles. The van der Waals surface area contributed by atoms with Gasteiger partial charge in [0.05, 0.1) is 6.61 Å². The molecule has 1 saturated heterocycles. The Labute approximate surface area is 49.9 Å². The van der Waals surface area contributed by atoms with Gasteiger partial charge >= 0.3 is 0 Å². The summed E-state index contributed by atoms with van der Waals surface area (Å²) in [5.74, 6) is 0. The van der Waals surface area contributed by atoms with E-state index in [2.05, 4.69) is 12.2 Å². The van der Waals surface area contributed by atoms with Crippen molar-refractivity contribution in [2.75, 3.05) is 6.61 Å². The van der Waals surface area contributed by atoms with Crippen molar-refractivity contribution >= 4 is 0 Å². The van der Waals surface area contributed by atoms with Crippen LogP contribution in [0.15, 0.2) is 0 Å². The van der Waals surface area contributed by atoms with Crippen LogP contribution >= 0.6 is 0 Å². The third kappa shape index (κ3) is 1.20. The molecular formula is C6H13NO. The fraction of sp³-hybridized carbons (Fsp3) is 1.00. The van der Waals surface area contributed by atoms with Gasteiger partial charge in [0.25, 0.3) is 0 Å². The van der Waals surface area contributed by atoms with Crippen LogP contribution in [0.25, 0.3) is 0 Å². The highest BCUT2D eigenvalue weighted by atomic mass is 16.3. The van der Waals surface area contributed by atoms with Crippen molar-refractivity contribution < 1.29 is 5.11 Å². The Bertz CT molecular complexity index is 74.9. The van der Waals surface area contributed by atoms with Crippen LogP contribution in [0.3, 0.4) is 0 Å². The first-order valence-electron chi connectivity index (χ1n) is 3.20. The van der Waals surface area contributed by atoms with E-state index in [1.807, 2.05) is 0 Å². The molecule has 0 unspecified atom stereocenters. The zero-order valence-corrected chi connectivity index (χ0v) is 5.22. The van der Waals surface area contributed by atoms with E-state index in [0.29, 0.717) is 18.7 Å². The molecule has 2 heteroatoms. The molecule has 0 bridgehead atoms. The standard InChI is InChI=1S/C6H13NO/c1-5-2-3-6(4-8)7-5/h5-8H,2-4H2,1H3/t5-,6+/m0/s1. The summed E-state index contributed by atoms with van der Waals surface area (Å²) in [6.07, 6.45) is 2.35. The predicted molar refractivity (Wildman–Crippen MR) is 32.7 cm³/mol. The van der Waals surface area contributed by atoms with Gasteiger partial charge in [0.2, 0.25) is 0 Å².